The third-order valence-electron chi connectivity index (χ3n) is 3.69. The lowest BCUT2D eigenvalue weighted by Crippen LogP contribution is -2.00. The molecule has 3 rings (SSSR count). The van der Waals surface area contributed by atoms with Crippen molar-refractivity contribution in [3.05, 3.63) is 40.8 Å². The number of nitrogen functional groups attached to an aromatic ring is 1. The van der Waals surface area contributed by atoms with Crippen LogP contribution in [0.1, 0.15) is 11.3 Å². The van der Waals surface area contributed by atoms with Crippen molar-refractivity contribution in [2.75, 3.05) is 12.0 Å². The van der Waals surface area contributed by atoms with Crippen molar-refractivity contribution in [1.29, 1.82) is 0 Å². The number of aryl methyl sites for hydroxylation is 2. The van der Waals surface area contributed by atoms with Gasteiger partial charge in [-0.15, -0.1) is 11.8 Å². The maximum Gasteiger partial charge on any atom is 0.131 e. The van der Waals surface area contributed by atoms with Crippen LogP contribution >= 0.6 is 23.4 Å². The first-order chi connectivity index (χ1) is 10.0. The fourth-order valence-corrected chi connectivity index (χ4v) is 3.49. The molecule has 0 saturated carbocycles. The van der Waals surface area contributed by atoms with Gasteiger partial charge in [-0.2, -0.15) is 5.10 Å². The quantitative estimate of drug-likeness (QED) is 0.591. The number of nitrogens with zero attached hydrogens (tertiary/aromatic N) is 3. The molecule has 0 atom stereocenters. The van der Waals surface area contributed by atoms with Crippen molar-refractivity contribution in [3.63, 3.8) is 0 Å². The molecule has 0 fully saturated rings. The van der Waals surface area contributed by atoms with Crippen molar-refractivity contribution in [3.8, 4) is 0 Å². The SMILES string of the molecule is CSc1cc(N)cc2c1ccn2Cc1c(C)nn(C)c1Cl. The van der Waals surface area contributed by atoms with E-state index in [1.165, 1.54) is 10.3 Å². The molecule has 0 aliphatic heterocycles. The monoisotopic (exact) mass is 320 g/mol. The number of nitrogens with two attached hydrogens (primary N) is 1. The number of halogens is 1. The summed E-state index contributed by atoms with van der Waals surface area (Å²) in [5.41, 5.74) is 9.92. The highest BCUT2D eigenvalue weighted by Gasteiger charge is 2.14. The van der Waals surface area contributed by atoms with E-state index >= 15 is 0 Å². The molecular formula is C15H17ClN4S. The molecule has 0 spiro atoms. The topological polar surface area (TPSA) is 48.8 Å². The molecule has 0 unspecified atom stereocenters. The van der Waals surface area contributed by atoms with Gasteiger partial charge >= 0.3 is 0 Å². The van der Waals surface area contributed by atoms with Crippen LogP contribution < -0.4 is 5.73 Å². The molecule has 6 heteroatoms. The Morgan fingerprint density at radius 1 is 1.38 bits per heavy atom. The fraction of sp³-hybridized carbons (Fsp3) is 0.267. The number of benzene rings is 1. The highest BCUT2D eigenvalue weighted by Crippen LogP contribution is 2.31. The molecule has 0 amide bonds. The van der Waals surface area contributed by atoms with Crippen LogP contribution in [-0.2, 0) is 13.6 Å². The van der Waals surface area contributed by atoms with Gasteiger partial charge in [0.2, 0.25) is 0 Å². The minimum Gasteiger partial charge on any atom is -0.399 e. The molecule has 21 heavy (non-hydrogen) atoms. The molecule has 0 bridgehead atoms. The van der Waals surface area contributed by atoms with E-state index in [-0.39, 0.29) is 0 Å². The Bertz CT molecular complexity index is 819. The third-order valence-corrected chi connectivity index (χ3v) is 4.94. The summed E-state index contributed by atoms with van der Waals surface area (Å²) >= 11 is 8.04. The molecule has 0 aliphatic rings. The summed E-state index contributed by atoms with van der Waals surface area (Å²) in [5, 5.41) is 6.27. The van der Waals surface area contributed by atoms with Crippen LogP contribution in [0.4, 0.5) is 5.69 Å². The normalized spacial score (nSPS) is 11.4. The van der Waals surface area contributed by atoms with Crippen LogP contribution in [-0.4, -0.2) is 20.6 Å². The standard InChI is InChI=1S/C15H17ClN4S/c1-9-12(15(16)19(2)18-9)8-20-5-4-11-13(20)6-10(17)7-14(11)21-3/h4-7H,8,17H2,1-3H3. The zero-order valence-corrected chi connectivity index (χ0v) is 13.8. The summed E-state index contributed by atoms with van der Waals surface area (Å²) in [7, 11) is 1.86. The van der Waals surface area contributed by atoms with Gasteiger partial charge in [0, 0.05) is 34.8 Å². The molecule has 2 N–H and O–H groups in total. The van der Waals surface area contributed by atoms with E-state index in [1.807, 2.05) is 26.1 Å². The molecule has 0 saturated heterocycles. The maximum absolute atomic E-state index is 6.33. The van der Waals surface area contributed by atoms with Crippen LogP contribution in [0.25, 0.3) is 10.9 Å². The number of aromatic nitrogens is 3. The number of anilines is 1. The van der Waals surface area contributed by atoms with Gasteiger partial charge < -0.3 is 10.3 Å². The third kappa shape index (κ3) is 2.40. The van der Waals surface area contributed by atoms with E-state index in [9.17, 15) is 0 Å². The number of thioether (sulfide) groups is 1. The summed E-state index contributed by atoms with van der Waals surface area (Å²) < 4.78 is 3.88. The average molecular weight is 321 g/mol. The van der Waals surface area contributed by atoms with Crippen LogP contribution in [0, 0.1) is 6.92 Å². The predicted octanol–water partition coefficient (Wildman–Crippen LogP) is 3.69. The molecule has 2 heterocycles. The van der Waals surface area contributed by atoms with Gasteiger partial charge in [-0.1, -0.05) is 11.6 Å². The molecule has 0 radical (unpaired) electrons. The van der Waals surface area contributed by atoms with Crippen LogP contribution in [0.3, 0.4) is 0 Å². The van der Waals surface area contributed by atoms with E-state index in [2.05, 4.69) is 28.2 Å². The van der Waals surface area contributed by atoms with Crippen LogP contribution in [0.2, 0.25) is 5.15 Å². The smallest absolute Gasteiger partial charge is 0.131 e. The van der Waals surface area contributed by atoms with E-state index in [0.717, 1.165) is 22.5 Å². The van der Waals surface area contributed by atoms with E-state index < -0.39 is 0 Å². The second-order valence-corrected chi connectivity index (χ2v) is 6.28. The highest BCUT2D eigenvalue weighted by atomic mass is 35.5. The predicted molar refractivity (Wildman–Crippen MR) is 90.2 cm³/mol. The number of hydrogen-bond acceptors (Lipinski definition) is 3. The lowest BCUT2D eigenvalue weighted by molar-refractivity contribution is 0.757. The van der Waals surface area contributed by atoms with Crippen molar-refractivity contribution in [2.45, 2.75) is 18.4 Å². The number of hydrogen-bond donors (Lipinski definition) is 1. The molecule has 1 aromatic carbocycles. The average Bonchev–Trinajstić information content (AvgIpc) is 2.95. The molecule has 3 aromatic rings. The van der Waals surface area contributed by atoms with Gasteiger partial charge in [-0.05, 0) is 31.4 Å². The zero-order valence-electron chi connectivity index (χ0n) is 12.2. The van der Waals surface area contributed by atoms with Crippen molar-refractivity contribution >= 4 is 40.0 Å². The second-order valence-electron chi connectivity index (χ2n) is 5.08. The Kier molecular flexibility index (Phi) is 3.63. The second kappa shape index (κ2) is 5.31. The van der Waals surface area contributed by atoms with Crippen LogP contribution in [0.5, 0.6) is 0 Å². The summed E-state index contributed by atoms with van der Waals surface area (Å²) in [5.74, 6) is 0. The van der Waals surface area contributed by atoms with Crippen LogP contribution in [0.15, 0.2) is 29.3 Å². The minimum absolute atomic E-state index is 0.684. The molecule has 2 aromatic heterocycles. The highest BCUT2D eigenvalue weighted by molar-refractivity contribution is 7.98. The van der Waals surface area contributed by atoms with E-state index in [1.54, 1.807) is 16.4 Å². The van der Waals surface area contributed by atoms with Gasteiger partial charge in [0.05, 0.1) is 17.8 Å². The van der Waals surface area contributed by atoms with Crippen molar-refractivity contribution in [2.24, 2.45) is 7.05 Å². The summed E-state index contributed by atoms with van der Waals surface area (Å²) in [4.78, 5) is 1.19. The Hall–Kier alpha value is -1.59. The van der Waals surface area contributed by atoms with E-state index in [0.29, 0.717) is 11.7 Å². The molecule has 4 nitrogen and oxygen atoms in total. The largest absolute Gasteiger partial charge is 0.399 e. The number of fused-ring (bicyclic) bond motifs is 1. The van der Waals surface area contributed by atoms with Gasteiger partial charge in [0.25, 0.3) is 0 Å². The Morgan fingerprint density at radius 3 is 2.76 bits per heavy atom. The number of rotatable bonds is 3. The van der Waals surface area contributed by atoms with Gasteiger partial charge in [-0.25, -0.2) is 0 Å². The van der Waals surface area contributed by atoms with Gasteiger partial charge in [0.1, 0.15) is 5.15 Å². The minimum atomic E-state index is 0.684. The summed E-state index contributed by atoms with van der Waals surface area (Å²) in [6, 6.07) is 6.15. The first kappa shape index (κ1) is 14.4. The lowest BCUT2D eigenvalue weighted by Gasteiger charge is -2.08. The Balaban J connectivity index is 2.11. The fourth-order valence-electron chi connectivity index (χ4n) is 2.61. The van der Waals surface area contributed by atoms with Gasteiger partial charge in [-0.3, -0.25) is 4.68 Å². The summed E-state index contributed by atoms with van der Waals surface area (Å²) in [6.07, 6.45) is 4.14. The molecule has 110 valence electrons. The first-order valence-corrected chi connectivity index (χ1v) is 8.22. The molecule has 0 aliphatic carbocycles. The van der Waals surface area contributed by atoms with E-state index in [4.69, 9.17) is 17.3 Å². The Labute approximate surface area is 132 Å². The van der Waals surface area contributed by atoms with Crippen molar-refractivity contribution in [1.82, 2.24) is 14.3 Å². The van der Waals surface area contributed by atoms with Crippen molar-refractivity contribution < 1.29 is 0 Å². The summed E-state index contributed by atoms with van der Waals surface area (Å²) in [6.45, 7) is 2.67. The Morgan fingerprint density at radius 2 is 2.14 bits per heavy atom. The van der Waals surface area contributed by atoms with Gasteiger partial charge in [0.15, 0.2) is 0 Å². The maximum atomic E-state index is 6.33. The zero-order chi connectivity index (χ0) is 15.1. The molecular weight excluding hydrogens is 304 g/mol. The first-order valence-electron chi connectivity index (χ1n) is 6.61. The lowest BCUT2D eigenvalue weighted by atomic mass is 10.2.